The minimum Gasteiger partial charge on any atom is -0.496 e. The van der Waals surface area contributed by atoms with Gasteiger partial charge in [0.05, 0.1) is 18.0 Å². The zero-order valence-corrected chi connectivity index (χ0v) is 17.0. The minimum atomic E-state index is -4.56. The molecule has 1 saturated heterocycles. The number of methoxy groups -OCH3 is 1. The number of nitrogens with one attached hydrogen (secondary N) is 1. The maximum Gasteiger partial charge on any atom is 0.341 e. The molecule has 0 spiro atoms. The van der Waals surface area contributed by atoms with E-state index in [1.54, 1.807) is 19.2 Å². The molecule has 9 heteroatoms. The van der Waals surface area contributed by atoms with Crippen LogP contribution in [0.5, 0.6) is 5.75 Å². The molecule has 2 aromatic rings. The van der Waals surface area contributed by atoms with Crippen molar-refractivity contribution in [3.63, 3.8) is 0 Å². The first-order chi connectivity index (χ1) is 12.9. The average molecular weight is 433 g/mol. The summed E-state index contributed by atoms with van der Waals surface area (Å²) in [6.45, 7) is 2.99. The van der Waals surface area contributed by atoms with Gasteiger partial charge in [-0.1, -0.05) is 30.3 Å². The Morgan fingerprint density at radius 2 is 1.86 bits per heavy atom. The molecule has 1 aliphatic heterocycles. The van der Waals surface area contributed by atoms with E-state index in [0.717, 1.165) is 36.5 Å². The number of alkyl halides is 2. The summed E-state index contributed by atoms with van der Waals surface area (Å²) < 4.78 is 53.9. The van der Waals surface area contributed by atoms with Gasteiger partial charge in [-0.05, 0) is 23.8 Å². The molecule has 1 aliphatic rings. The van der Waals surface area contributed by atoms with Crippen LogP contribution in [0.3, 0.4) is 0 Å². The second kappa shape index (κ2) is 9.65. The van der Waals surface area contributed by atoms with Crippen molar-refractivity contribution in [2.45, 2.75) is 23.2 Å². The number of rotatable bonds is 6. The van der Waals surface area contributed by atoms with Crippen molar-refractivity contribution >= 4 is 22.2 Å². The molecule has 1 N–H and O–H groups in total. The van der Waals surface area contributed by atoms with Gasteiger partial charge in [0.15, 0.2) is 0 Å². The second-order valence-electron chi connectivity index (χ2n) is 6.38. The maximum absolute atomic E-state index is 12.7. The lowest BCUT2D eigenvalue weighted by atomic mass is 10.0. The summed E-state index contributed by atoms with van der Waals surface area (Å²) in [5.74, 6) is -2.60. The summed E-state index contributed by atoms with van der Waals surface area (Å²) in [5.41, 5.74) is 1.94. The van der Waals surface area contributed by atoms with Gasteiger partial charge in [0.25, 0.3) is 0 Å². The van der Waals surface area contributed by atoms with Crippen molar-refractivity contribution in [3.05, 3.63) is 59.7 Å². The molecule has 0 amide bonds. The number of ether oxygens (including phenoxy) is 1. The molecule has 3 rings (SSSR count). The van der Waals surface area contributed by atoms with Crippen molar-refractivity contribution in [1.82, 2.24) is 10.2 Å². The van der Waals surface area contributed by atoms with Gasteiger partial charge in [-0.15, -0.1) is 12.4 Å². The normalized spacial score (nSPS) is 17.9. The zero-order chi connectivity index (χ0) is 19.4. The standard InChI is InChI=1S/C19H22F2N2O3S.ClH/c1-26-18-5-3-2-4-16(18)17-12-22-10-11-23(17)13-14-6-8-15(9-7-14)27(24,25)19(20)21;/h2-9,17,19,22H,10-13H2,1H3;1H. The van der Waals surface area contributed by atoms with Crippen LogP contribution in [0.15, 0.2) is 53.4 Å². The van der Waals surface area contributed by atoms with Crippen LogP contribution < -0.4 is 10.1 Å². The molecule has 1 unspecified atom stereocenters. The summed E-state index contributed by atoms with van der Waals surface area (Å²) >= 11 is 0. The van der Waals surface area contributed by atoms with Crippen molar-refractivity contribution in [2.75, 3.05) is 26.7 Å². The lowest BCUT2D eigenvalue weighted by Gasteiger charge is -2.37. The fourth-order valence-electron chi connectivity index (χ4n) is 3.31. The molecule has 0 aromatic heterocycles. The lowest BCUT2D eigenvalue weighted by Crippen LogP contribution is -2.45. The van der Waals surface area contributed by atoms with Crippen LogP contribution in [0.2, 0.25) is 0 Å². The molecule has 28 heavy (non-hydrogen) atoms. The zero-order valence-electron chi connectivity index (χ0n) is 15.3. The van der Waals surface area contributed by atoms with Crippen LogP contribution in [-0.2, 0) is 16.4 Å². The Morgan fingerprint density at radius 1 is 1.18 bits per heavy atom. The summed E-state index contributed by atoms with van der Waals surface area (Å²) in [6, 6.07) is 13.6. The highest BCUT2D eigenvalue weighted by Gasteiger charge is 2.28. The highest BCUT2D eigenvalue weighted by atomic mass is 35.5. The SMILES string of the molecule is COc1ccccc1C1CNCCN1Cc1ccc(S(=O)(=O)C(F)F)cc1.Cl. The molecule has 0 aliphatic carbocycles. The summed E-state index contributed by atoms with van der Waals surface area (Å²) in [7, 11) is -2.92. The number of benzene rings is 2. The number of halogens is 3. The fourth-order valence-corrected chi connectivity index (χ4v) is 4.03. The van der Waals surface area contributed by atoms with Gasteiger partial charge in [-0.2, -0.15) is 8.78 Å². The minimum absolute atomic E-state index is 0. The Labute approximate surface area is 170 Å². The van der Waals surface area contributed by atoms with Gasteiger partial charge in [-0.25, -0.2) is 8.42 Å². The average Bonchev–Trinajstić information content (AvgIpc) is 2.68. The van der Waals surface area contributed by atoms with Gasteiger partial charge in [0.1, 0.15) is 5.75 Å². The molecule has 0 bridgehead atoms. The number of para-hydroxylation sites is 1. The van der Waals surface area contributed by atoms with E-state index in [2.05, 4.69) is 10.2 Å². The topological polar surface area (TPSA) is 58.6 Å². The van der Waals surface area contributed by atoms with E-state index in [0.29, 0.717) is 6.54 Å². The molecule has 1 heterocycles. The van der Waals surface area contributed by atoms with Crippen molar-refractivity contribution in [2.24, 2.45) is 0 Å². The largest absolute Gasteiger partial charge is 0.496 e. The quantitative estimate of drug-likeness (QED) is 0.759. The van der Waals surface area contributed by atoms with Crippen molar-refractivity contribution in [1.29, 1.82) is 0 Å². The van der Waals surface area contributed by atoms with E-state index in [1.165, 1.54) is 12.1 Å². The Balaban J connectivity index is 0.00000280. The number of sulfone groups is 1. The first-order valence-corrected chi connectivity index (χ1v) is 10.2. The fraction of sp³-hybridized carbons (Fsp3) is 0.368. The van der Waals surface area contributed by atoms with E-state index >= 15 is 0 Å². The Bertz CT molecular complexity index is 879. The monoisotopic (exact) mass is 432 g/mol. The Hall–Kier alpha value is -1.74. The van der Waals surface area contributed by atoms with Crippen LogP contribution >= 0.6 is 12.4 Å². The third-order valence-corrected chi connectivity index (χ3v) is 6.12. The van der Waals surface area contributed by atoms with Gasteiger partial charge in [0, 0.05) is 31.7 Å². The Morgan fingerprint density at radius 3 is 2.50 bits per heavy atom. The number of hydrogen-bond acceptors (Lipinski definition) is 5. The van der Waals surface area contributed by atoms with Gasteiger partial charge < -0.3 is 10.1 Å². The van der Waals surface area contributed by atoms with E-state index in [4.69, 9.17) is 4.74 Å². The highest BCUT2D eigenvalue weighted by Crippen LogP contribution is 2.31. The van der Waals surface area contributed by atoms with E-state index < -0.39 is 15.6 Å². The predicted octanol–water partition coefficient (Wildman–Crippen LogP) is 3.26. The van der Waals surface area contributed by atoms with E-state index in [9.17, 15) is 17.2 Å². The third-order valence-electron chi connectivity index (χ3n) is 4.72. The highest BCUT2D eigenvalue weighted by molar-refractivity contribution is 7.91. The molecule has 0 radical (unpaired) electrons. The maximum atomic E-state index is 12.7. The molecule has 0 saturated carbocycles. The molecular formula is C19H23ClF2N2O3S. The molecule has 1 fully saturated rings. The Kier molecular flexibility index (Phi) is 7.77. The van der Waals surface area contributed by atoms with E-state index in [1.807, 2.05) is 24.3 Å². The van der Waals surface area contributed by atoms with E-state index in [-0.39, 0.29) is 23.3 Å². The second-order valence-corrected chi connectivity index (χ2v) is 8.30. The summed E-state index contributed by atoms with van der Waals surface area (Å²) in [4.78, 5) is 1.91. The van der Waals surface area contributed by atoms with Crippen LogP contribution in [0.25, 0.3) is 0 Å². The van der Waals surface area contributed by atoms with Crippen molar-refractivity contribution < 1.29 is 21.9 Å². The predicted molar refractivity (Wildman–Crippen MR) is 106 cm³/mol. The summed E-state index contributed by atoms with van der Waals surface area (Å²) in [6.07, 6.45) is 0. The lowest BCUT2D eigenvalue weighted by molar-refractivity contribution is 0.151. The number of nitrogens with zero attached hydrogens (tertiary/aromatic N) is 1. The van der Waals surface area contributed by atoms with Crippen LogP contribution in [0.4, 0.5) is 8.78 Å². The van der Waals surface area contributed by atoms with Crippen LogP contribution in [0.1, 0.15) is 17.2 Å². The van der Waals surface area contributed by atoms with Crippen LogP contribution in [-0.4, -0.2) is 45.8 Å². The first kappa shape index (κ1) is 22.5. The first-order valence-electron chi connectivity index (χ1n) is 8.62. The molecular weight excluding hydrogens is 410 g/mol. The molecule has 2 aromatic carbocycles. The smallest absolute Gasteiger partial charge is 0.341 e. The van der Waals surface area contributed by atoms with Crippen molar-refractivity contribution in [3.8, 4) is 5.75 Å². The van der Waals surface area contributed by atoms with Gasteiger partial charge in [0.2, 0.25) is 9.84 Å². The number of hydrogen-bond donors (Lipinski definition) is 1. The molecule has 1 atom stereocenters. The van der Waals surface area contributed by atoms with Crippen LogP contribution in [0, 0.1) is 0 Å². The van der Waals surface area contributed by atoms with Gasteiger partial charge in [-0.3, -0.25) is 4.90 Å². The number of piperazine rings is 1. The third kappa shape index (κ3) is 4.81. The van der Waals surface area contributed by atoms with Gasteiger partial charge >= 0.3 is 5.76 Å². The molecule has 154 valence electrons. The summed E-state index contributed by atoms with van der Waals surface area (Å²) in [5, 5.41) is 3.38. The molecule has 5 nitrogen and oxygen atoms in total.